The van der Waals surface area contributed by atoms with Crippen LogP contribution in [0.2, 0.25) is 0 Å². The average molecular weight is 478 g/mol. The van der Waals surface area contributed by atoms with Crippen LogP contribution < -0.4 is 14.2 Å². The monoisotopic (exact) mass is 477 g/mol. The smallest absolute Gasteiger partial charge is 0.414 e. The molecule has 2 aliphatic rings. The molecule has 11 heteroatoms. The van der Waals surface area contributed by atoms with Gasteiger partial charge >= 0.3 is 6.09 Å². The van der Waals surface area contributed by atoms with Crippen LogP contribution in [0, 0.1) is 5.82 Å². The lowest BCUT2D eigenvalue weighted by molar-refractivity contribution is 0.0103. The first-order valence-corrected chi connectivity index (χ1v) is 11.8. The van der Waals surface area contributed by atoms with Gasteiger partial charge < -0.3 is 19.5 Å². The van der Waals surface area contributed by atoms with Crippen molar-refractivity contribution in [1.29, 1.82) is 0 Å². The van der Waals surface area contributed by atoms with E-state index in [0.717, 1.165) is 0 Å². The molecule has 1 atom stereocenters. The Morgan fingerprint density at radius 1 is 1.33 bits per heavy atom. The molecule has 9 nitrogen and oxygen atoms in total. The Morgan fingerprint density at radius 2 is 2.06 bits per heavy atom. The first kappa shape index (κ1) is 23.0. The van der Waals surface area contributed by atoms with E-state index in [1.54, 1.807) is 33.2 Å². The molecular weight excluding hydrogens is 453 g/mol. The minimum Gasteiger partial charge on any atom is -0.460 e. The predicted octanol–water partition coefficient (Wildman–Crippen LogP) is 2.91. The molecule has 0 saturated heterocycles. The number of allylic oxidation sites excluding steroid dienone is 1. The lowest BCUT2D eigenvalue weighted by Gasteiger charge is -2.27. The molecule has 0 spiro atoms. The highest BCUT2D eigenvalue weighted by atomic mass is 32.2. The van der Waals surface area contributed by atoms with Crippen molar-refractivity contribution in [3.05, 3.63) is 53.0 Å². The van der Waals surface area contributed by atoms with Gasteiger partial charge in [0.1, 0.15) is 11.5 Å². The van der Waals surface area contributed by atoms with E-state index in [0.29, 0.717) is 35.3 Å². The molecule has 1 aromatic heterocycles. The fourth-order valence-electron chi connectivity index (χ4n) is 3.43. The third-order valence-corrected chi connectivity index (χ3v) is 7.32. The van der Waals surface area contributed by atoms with Gasteiger partial charge in [0.05, 0.1) is 5.25 Å². The lowest BCUT2D eigenvalue weighted by atomic mass is 9.93. The summed E-state index contributed by atoms with van der Waals surface area (Å²) in [6.07, 6.45) is 0.464. The number of halogens is 1. The van der Waals surface area contributed by atoms with Crippen LogP contribution in [0.15, 0.2) is 36.0 Å². The summed E-state index contributed by atoms with van der Waals surface area (Å²) in [6, 6.07) is 6.21. The second-order valence-corrected chi connectivity index (χ2v) is 10.2. The molecule has 1 aromatic carbocycles. The molecule has 1 aliphatic heterocycles. The molecule has 0 bridgehead atoms. The fraction of sp³-hybridized carbons (Fsp3) is 0.364. The number of amides is 1. The molecule has 2 aromatic rings. The number of benzene rings is 1. The number of carbonyl (C=O) groups excluding carboxylic acids is 1. The van der Waals surface area contributed by atoms with Crippen molar-refractivity contribution < 1.29 is 32.2 Å². The quantitative estimate of drug-likeness (QED) is 0.657. The standard InChI is InChI=1S/C22H24FN3O6S/c1-12-16-7-4-14(31-22(28)26(2)3)11-18(16)32-21(27)17(12)10-13-8-9-24-20(19(13)23)25-33(29,30)15-5-6-15/h4,7-9,11,15,21,27H,5-6,10H2,1-3H3,(H,24,25). The number of hydrogen-bond acceptors (Lipinski definition) is 7. The van der Waals surface area contributed by atoms with Gasteiger partial charge in [-0.25, -0.2) is 22.6 Å². The number of aliphatic hydroxyl groups excluding tert-OH is 1. The number of ether oxygens (including phenoxy) is 2. The molecule has 1 saturated carbocycles. The summed E-state index contributed by atoms with van der Waals surface area (Å²) in [5.41, 5.74) is 1.91. The van der Waals surface area contributed by atoms with Crippen molar-refractivity contribution in [2.75, 3.05) is 18.8 Å². The summed E-state index contributed by atoms with van der Waals surface area (Å²) in [4.78, 5) is 16.9. The van der Waals surface area contributed by atoms with E-state index in [4.69, 9.17) is 9.47 Å². The van der Waals surface area contributed by atoms with Gasteiger partial charge in [0.2, 0.25) is 16.3 Å². The lowest BCUT2D eigenvalue weighted by Crippen LogP contribution is -2.27. The van der Waals surface area contributed by atoms with Gasteiger partial charge in [-0.2, -0.15) is 0 Å². The molecule has 33 heavy (non-hydrogen) atoms. The van der Waals surface area contributed by atoms with Crippen molar-refractivity contribution >= 4 is 27.5 Å². The third kappa shape index (κ3) is 4.79. The molecular formula is C22H24FN3O6S. The van der Waals surface area contributed by atoms with Crippen LogP contribution in [-0.2, 0) is 16.4 Å². The predicted molar refractivity (Wildman–Crippen MR) is 119 cm³/mol. The maximum absolute atomic E-state index is 15.0. The van der Waals surface area contributed by atoms with Crippen LogP contribution in [0.5, 0.6) is 11.5 Å². The van der Waals surface area contributed by atoms with Crippen molar-refractivity contribution in [3.63, 3.8) is 0 Å². The zero-order chi connectivity index (χ0) is 23.9. The Kier molecular flexibility index (Phi) is 6.02. The van der Waals surface area contributed by atoms with Crippen molar-refractivity contribution in [2.45, 2.75) is 37.7 Å². The maximum Gasteiger partial charge on any atom is 0.414 e. The minimum absolute atomic E-state index is 0.0175. The number of aromatic nitrogens is 1. The SMILES string of the molecule is CC1=C(Cc2ccnc(NS(=O)(=O)C3CC3)c2F)C(O)Oc2cc(OC(=O)N(C)C)ccc21. The number of nitrogens with one attached hydrogen (secondary N) is 1. The fourth-order valence-corrected chi connectivity index (χ4v) is 4.76. The summed E-state index contributed by atoms with van der Waals surface area (Å²) < 4.78 is 52.4. The van der Waals surface area contributed by atoms with Crippen LogP contribution in [-0.4, -0.2) is 55.1 Å². The first-order chi connectivity index (χ1) is 15.6. The molecule has 1 fully saturated rings. The molecule has 2 heterocycles. The Hall–Kier alpha value is -3.18. The Balaban J connectivity index is 1.60. The zero-order valence-electron chi connectivity index (χ0n) is 18.3. The van der Waals surface area contributed by atoms with Crippen LogP contribution in [0.25, 0.3) is 5.57 Å². The molecule has 1 unspecified atom stereocenters. The zero-order valence-corrected chi connectivity index (χ0v) is 19.1. The van der Waals surface area contributed by atoms with Gasteiger partial charge in [-0.05, 0) is 49.1 Å². The van der Waals surface area contributed by atoms with Crippen LogP contribution >= 0.6 is 0 Å². The first-order valence-electron chi connectivity index (χ1n) is 10.3. The van der Waals surface area contributed by atoms with Crippen LogP contribution in [0.1, 0.15) is 30.9 Å². The van der Waals surface area contributed by atoms with E-state index in [2.05, 4.69) is 9.71 Å². The van der Waals surface area contributed by atoms with E-state index >= 15 is 4.39 Å². The number of hydrogen-bond donors (Lipinski definition) is 2. The maximum atomic E-state index is 15.0. The van der Waals surface area contributed by atoms with Gasteiger partial charge in [-0.3, -0.25) is 4.72 Å². The Labute approximate surface area is 190 Å². The number of nitrogens with zero attached hydrogens (tertiary/aromatic N) is 2. The average Bonchev–Trinajstić information content (AvgIpc) is 3.59. The van der Waals surface area contributed by atoms with E-state index in [1.165, 1.54) is 23.2 Å². The highest BCUT2D eigenvalue weighted by molar-refractivity contribution is 7.93. The van der Waals surface area contributed by atoms with Crippen LogP contribution in [0.3, 0.4) is 0 Å². The van der Waals surface area contributed by atoms with Crippen molar-refractivity contribution in [3.8, 4) is 11.5 Å². The topological polar surface area (TPSA) is 118 Å². The van der Waals surface area contributed by atoms with Gasteiger partial charge in [-0.1, -0.05) is 0 Å². The number of pyridine rings is 1. The third-order valence-electron chi connectivity index (χ3n) is 5.50. The number of carbonyl (C=O) groups is 1. The van der Waals surface area contributed by atoms with E-state index < -0.39 is 33.5 Å². The number of sulfonamides is 1. The van der Waals surface area contributed by atoms with Crippen molar-refractivity contribution in [1.82, 2.24) is 9.88 Å². The summed E-state index contributed by atoms with van der Waals surface area (Å²) in [6.45, 7) is 1.77. The van der Waals surface area contributed by atoms with E-state index in [-0.39, 0.29) is 23.6 Å². The highest BCUT2D eigenvalue weighted by Gasteiger charge is 2.36. The van der Waals surface area contributed by atoms with Gasteiger partial charge in [0.25, 0.3) is 0 Å². The summed E-state index contributed by atoms with van der Waals surface area (Å²) >= 11 is 0. The summed E-state index contributed by atoms with van der Waals surface area (Å²) in [5.74, 6) is -0.591. The van der Waals surface area contributed by atoms with Gasteiger partial charge in [-0.15, -0.1) is 0 Å². The molecule has 1 amide bonds. The molecule has 1 aliphatic carbocycles. The van der Waals surface area contributed by atoms with Gasteiger partial charge in [0.15, 0.2) is 11.6 Å². The van der Waals surface area contributed by atoms with E-state index in [9.17, 15) is 18.3 Å². The molecule has 2 N–H and O–H groups in total. The Morgan fingerprint density at radius 3 is 2.73 bits per heavy atom. The molecule has 4 rings (SSSR count). The summed E-state index contributed by atoms with van der Waals surface area (Å²) in [7, 11) is -0.557. The number of anilines is 1. The largest absolute Gasteiger partial charge is 0.460 e. The Bertz CT molecular complexity index is 1240. The second-order valence-electron chi connectivity index (χ2n) is 8.20. The highest BCUT2D eigenvalue weighted by Crippen LogP contribution is 2.39. The van der Waals surface area contributed by atoms with Gasteiger partial charge in [0, 0.05) is 43.9 Å². The normalized spacial score (nSPS) is 17.8. The number of rotatable bonds is 6. The second kappa shape index (κ2) is 8.64. The van der Waals surface area contributed by atoms with Crippen LogP contribution in [0.4, 0.5) is 15.0 Å². The summed E-state index contributed by atoms with van der Waals surface area (Å²) in [5, 5.41) is 10.1. The van der Waals surface area contributed by atoms with Crippen molar-refractivity contribution in [2.24, 2.45) is 0 Å². The molecule has 176 valence electrons. The number of aliphatic hydroxyl groups is 1. The van der Waals surface area contributed by atoms with E-state index in [1.807, 2.05) is 0 Å². The minimum atomic E-state index is -3.67. The number of fused-ring (bicyclic) bond motifs is 1. The molecule has 0 radical (unpaired) electrons.